The molecule has 6 nitrogen and oxygen atoms in total. The second-order valence-electron chi connectivity index (χ2n) is 6.44. The van der Waals surface area contributed by atoms with Gasteiger partial charge in [-0.05, 0) is 32.3 Å². The van der Waals surface area contributed by atoms with E-state index in [1.807, 2.05) is 31.1 Å². The third-order valence-electron chi connectivity index (χ3n) is 4.20. The molecule has 0 unspecified atom stereocenters. The number of benzene rings is 2. The zero-order valence-corrected chi connectivity index (χ0v) is 17.8. The first-order valence-electron chi connectivity index (χ1n) is 8.67. The van der Waals surface area contributed by atoms with Gasteiger partial charge >= 0.3 is 0 Å². The number of thiazole rings is 1. The molecule has 1 heterocycles. The summed E-state index contributed by atoms with van der Waals surface area (Å²) in [6, 6.07) is 10.7. The molecule has 0 aliphatic heterocycles. The number of hydrogen-bond donors (Lipinski definition) is 0. The number of amides is 1. The Labute approximate surface area is 173 Å². The minimum atomic E-state index is -0.137. The summed E-state index contributed by atoms with van der Waals surface area (Å²) < 4.78 is 11.7. The molecular formula is C20H22ClN3O3S. The van der Waals surface area contributed by atoms with Gasteiger partial charge in [0.25, 0.3) is 5.91 Å². The largest absolute Gasteiger partial charge is 0.493 e. The number of rotatable bonds is 7. The van der Waals surface area contributed by atoms with Crippen molar-refractivity contribution in [3.8, 4) is 11.5 Å². The molecule has 1 amide bonds. The van der Waals surface area contributed by atoms with E-state index < -0.39 is 0 Å². The lowest BCUT2D eigenvalue weighted by Crippen LogP contribution is -2.36. The maximum atomic E-state index is 13.2. The monoisotopic (exact) mass is 419 g/mol. The van der Waals surface area contributed by atoms with Crippen LogP contribution in [0, 0.1) is 0 Å². The van der Waals surface area contributed by atoms with Crippen molar-refractivity contribution < 1.29 is 14.3 Å². The number of halogens is 1. The highest BCUT2D eigenvalue weighted by atomic mass is 35.5. The summed E-state index contributed by atoms with van der Waals surface area (Å²) >= 11 is 7.52. The van der Waals surface area contributed by atoms with E-state index in [9.17, 15) is 4.79 Å². The Kier molecular flexibility index (Phi) is 6.39. The summed E-state index contributed by atoms with van der Waals surface area (Å²) in [4.78, 5) is 21.6. The molecule has 0 saturated heterocycles. The van der Waals surface area contributed by atoms with Crippen LogP contribution in [0.25, 0.3) is 10.2 Å². The molecule has 1 aromatic heterocycles. The van der Waals surface area contributed by atoms with Crippen molar-refractivity contribution >= 4 is 44.2 Å². The Bertz CT molecular complexity index is 949. The van der Waals surface area contributed by atoms with Crippen LogP contribution in [0.4, 0.5) is 5.13 Å². The van der Waals surface area contributed by atoms with Crippen LogP contribution in [0.15, 0.2) is 36.4 Å². The number of aromatic nitrogens is 1. The highest BCUT2D eigenvalue weighted by Gasteiger charge is 2.22. The molecule has 148 valence electrons. The SMILES string of the molecule is COc1cc2nc(N(CCN(C)C)C(=O)c3cccc(Cl)c3)sc2cc1OC. The van der Waals surface area contributed by atoms with Crippen molar-refractivity contribution in [3.63, 3.8) is 0 Å². The summed E-state index contributed by atoms with van der Waals surface area (Å²) in [6.45, 7) is 1.21. The molecule has 0 atom stereocenters. The summed E-state index contributed by atoms with van der Waals surface area (Å²) in [5.74, 6) is 1.10. The van der Waals surface area contributed by atoms with E-state index in [0.29, 0.717) is 40.3 Å². The van der Waals surface area contributed by atoms with Crippen molar-refractivity contribution in [2.45, 2.75) is 0 Å². The molecule has 0 spiro atoms. The van der Waals surface area contributed by atoms with E-state index in [2.05, 4.69) is 4.98 Å². The van der Waals surface area contributed by atoms with Gasteiger partial charge in [0.05, 0.1) is 24.4 Å². The second kappa shape index (κ2) is 8.77. The molecule has 0 saturated carbocycles. The average molecular weight is 420 g/mol. The Balaban J connectivity index is 2.03. The van der Waals surface area contributed by atoms with Crippen molar-refractivity contribution in [1.29, 1.82) is 0 Å². The van der Waals surface area contributed by atoms with Gasteiger partial charge in [0, 0.05) is 35.8 Å². The van der Waals surface area contributed by atoms with E-state index in [1.54, 1.807) is 43.4 Å². The number of fused-ring (bicyclic) bond motifs is 1. The van der Waals surface area contributed by atoms with Crippen LogP contribution in [0.5, 0.6) is 11.5 Å². The molecule has 0 fully saturated rings. The van der Waals surface area contributed by atoms with Gasteiger partial charge in [0.2, 0.25) is 0 Å². The van der Waals surface area contributed by atoms with E-state index >= 15 is 0 Å². The smallest absolute Gasteiger partial charge is 0.260 e. The maximum Gasteiger partial charge on any atom is 0.260 e. The minimum absolute atomic E-state index is 0.137. The zero-order valence-electron chi connectivity index (χ0n) is 16.2. The number of likely N-dealkylation sites (N-methyl/N-ethyl adjacent to an activating group) is 1. The topological polar surface area (TPSA) is 54.9 Å². The van der Waals surface area contributed by atoms with Gasteiger partial charge in [0.1, 0.15) is 0 Å². The number of carbonyl (C=O) groups excluding carboxylic acids is 1. The zero-order chi connectivity index (χ0) is 20.3. The molecular weight excluding hydrogens is 398 g/mol. The van der Waals surface area contributed by atoms with Crippen LogP contribution in [0.3, 0.4) is 0 Å². The summed E-state index contributed by atoms with van der Waals surface area (Å²) in [6.07, 6.45) is 0. The summed E-state index contributed by atoms with van der Waals surface area (Å²) in [5, 5.41) is 1.15. The van der Waals surface area contributed by atoms with E-state index in [1.165, 1.54) is 11.3 Å². The van der Waals surface area contributed by atoms with Gasteiger partial charge in [-0.25, -0.2) is 4.98 Å². The molecule has 0 N–H and O–H groups in total. The van der Waals surface area contributed by atoms with Gasteiger partial charge in [-0.15, -0.1) is 0 Å². The number of hydrogen-bond acceptors (Lipinski definition) is 6. The molecule has 28 heavy (non-hydrogen) atoms. The van der Waals surface area contributed by atoms with Crippen molar-refractivity contribution in [2.24, 2.45) is 0 Å². The van der Waals surface area contributed by atoms with Crippen molar-refractivity contribution in [3.05, 3.63) is 47.0 Å². The lowest BCUT2D eigenvalue weighted by Gasteiger charge is -2.22. The molecule has 8 heteroatoms. The fraction of sp³-hybridized carbons (Fsp3) is 0.300. The Hall–Kier alpha value is -2.35. The van der Waals surface area contributed by atoms with Crippen LogP contribution >= 0.6 is 22.9 Å². The second-order valence-corrected chi connectivity index (χ2v) is 7.89. The number of ether oxygens (including phenoxy) is 2. The van der Waals surface area contributed by atoms with E-state index in [4.69, 9.17) is 21.1 Å². The highest BCUT2D eigenvalue weighted by molar-refractivity contribution is 7.22. The van der Waals surface area contributed by atoms with Gasteiger partial charge in [-0.2, -0.15) is 0 Å². The number of carbonyl (C=O) groups is 1. The molecule has 0 aliphatic rings. The third-order valence-corrected chi connectivity index (χ3v) is 5.48. The number of anilines is 1. The lowest BCUT2D eigenvalue weighted by atomic mass is 10.2. The summed E-state index contributed by atoms with van der Waals surface area (Å²) in [7, 11) is 7.12. The first kappa shape index (κ1) is 20.4. The quantitative estimate of drug-likeness (QED) is 0.575. The Morgan fingerprint density at radius 2 is 1.82 bits per heavy atom. The average Bonchev–Trinajstić information content (AvgIpc) is 3.08. The van der Waals surface area contributed by atoms with Crippen LogP contribution < -0.4 is 14.4 Å². The van der Waals surface area contributed by atoms with Crippen LogP contribution in [0.1, 0.15) is 10.4 Å². The van der Waals surface area contributed by atoms with Crippen LogP contribution in [-0.2, 0) is 0 Å². The van der Waals surface area contributed by atoms with Gasteiger partial charge in [0.15, 0.2) is 16.6 Å². The maximum absolute atomic E-state index is 13.2. The van der Waals surface area contributed by atoms with Gasteiger partial charge < -0.3 is 14.4 Å². The number of methoxy groups -OCH3 is 2. The fourth-order valence-corrected chi connectivity index (χ4v) is 3.91. The lowest BCUT2D eigenvalue weighted by molar-refractivity contribution is 0.0985. The van der Waals surface area contributed by atoms with Crippen molar-refractivity contribution in [2.75, 3.05) is 46.3 Å². The standard InChI is InChI=1S/C20H22ClN3O3S/c1-23(2)8-9-24(19(25)13-6-5-7-14(21)10-13)20-22-15-11-16(26-3)17(27-4)12-18(15)28-20/h5-7,10-12H,8-9H2,1-4H3. The predicted molar refractivity (Wildman–Crippen MR) is 114 cm³/mol. The molecule has 0 radical (unpaired) electrons. The van der Waals surface area contributed by atoms with E-state index in [0.717, 1.165) is 10.2 Å². The van der Waals surface area contributed by atoms with Gasteiger partial charge in [-0.3, -0.25) is 9.69 Å². The third kappa shape index (κ3) is 4.38. The molecule has 3 aromatic rings. The molecule has 3 rings (SSSR count). The fourth-order valence-electron chi connectivity index (χ4n) is 2.72. The normalized spacial score (nSPS) is 11.1. The Morgan fingerprint density at radius 1 is 1.11 bits per heavy atom. The first-order chi connectivity index (χ1) is 13.4. The predicted octanol–water partition coefficient (Wildman–Crippen LogP) is 4.18. The summed E-state index contributed by atoms with van der Waals surface area (Å²) in [5.41, 5.74) is 1.28. The molecule has 0 bridgehead atoms. The Morgan fingerprint density at radius 3 is 2.46 bits per heavy atom. The van der Waals surface area contributed by atoms with Crippen LogP contribution in [0.2, 0.25) is 5.02 Å². The molecule has 2 aromatic carbocycles. The minimum Gasteiger partial charge on any atom is -0.493 e. The van der Waals surface area contributed by atoms with E-state index in [-0.39, 0.29) is 5.91 Å². The van der Waals surface area contributed by atoms with Crippen LogP contribution in [-0.4, -0.2) is 57.2 Å². The number of nitrogens with zero attached hydrogens (tertiary/aromatic N) is 3. The molecule has 0 aliphatic carbocycles. The highest BCUT2D eigenvalue weighted by Crippen LogP contribution is 2.37. The first-order valence-corrected chi connectivity index (χ1v) is 9.87. The van der Waals surface area contributed by atoms with Gasteiger partial charge in [-0.1, -0.05) is 29.0 Å². The van der Waals surface area contributed by atoms with Crippen molar-refractivity contribution in [1.82, 2.24) is 9.88 Å².